The summed E-state index contributed by atoms with van der Waals surface area (Å²) in [5, 5.41) is 3.64. The van der Waals surface area contributed by atoms with Crippen LogP contribution in [0.25, 0.3) is 0 Å². The average molecular weight is 234 g/mol. The van der Waals surface area contributed by atoms with Gasteiger partial charge in [0.2, 0.25) is 0 Å². The second-order valence-electron chi connectivity index (χ2n) is 6.00. The SMILES string of the molecule is CCCNC(CC(C)(C)C)c1cnccc1C. The summed E-state index contributed by atoms with van der Waals surface area (Å²) >= 11 is 0. The summed E-state index contributed by atoms with van der Waals surface area (Å²) in [6.07, 6.45) is 6.18. The molecule has 0 radical (unpaired) electrons. The van der Waals surface area contributed by atoms with Gasteiger partial charge >= 0.3 is 0 Å². The molecule has 1 heterocycles. The Hall–Kier alpha value is -0.890. The topological polar surface area (TPSA) is 24.9 Å². The molecular formula is C15H26N2. The molecule has 96 valence electrons. The molecule has 0 fully saturated rings. The zero-order chi connectivity index (χ0) is 12.9. The van der Waals surface area contributed by atoms with Gasteiger partial charge in [0.15, 0.2) is 0 Å². The third kappa shape index (κ3) is 4.86. The Kier molecular flexibility index (Phi) is 5.13. The monoisotopic (exact) mass is 234 g/mol. The standard InChI is InChI=1S/C15H26N2/c1-6-8-17-14(10-15(3,4)5)13-11-16-9-7-12(13)2/h7,9,11,14,17H,6,8,10H2,1-5H3. The van der Waals surface area contributed by atoms with Crippen molar-refractivity contribution < 1.29 is 0 Å². The van der Waals surface area contributed by atoms with Crippen LogP contribution in [0.1, 0.15) is 57.7 Å². The van der Waals surface area contributed by atoms with Crippen molar-refractivity contribution in [1.29, 1.82) is 0 Å². The minimum atomic E-state index is 0.327. The number of hydrogen-bond donors (Lipinski definition) is 1. The molecule has 0 aliphatic heterocycles. The number of nitrogens with one attached hydrogen (secondary N) is 1. The Morgan fingerprint density at radius 2 is 2.06 bits per heavy atom. The molecule has 1 atom stereocenters. The van der Waals surface area contributed by atoms with Gasteiger partial charge in [-0.3, -0.25) is 4.98 Å². The van der Waals surface area contributed by atoms with Crippen LogP contribution in [0, 0.1) is 12.3 Å². The molecule has 2 nitrogen and oxygen atoms in total. The zero-order valence-electron chi connectivity index (χ0n) is 11.9. The van der Waals surface area contributed by atoms with Crippen LogP contribution >= 0.6 is 0 Å². The van der Waals surface area contributed by atoms with Crippen LogP contribution in [0.5, 0.6) is 0 Å². The third-order valence-electron chi connectivity index (χ3n) is 2.91. The lowest BCUT2D eigenvalue weighted by Gasteiger charge is -2.28. The Balaban J connectivity index is 2.86. The van der Waals surface area contributed by atoms with Crippen LogP contribution in [0.4, 0.5) is 0 Å². The van der Waals surface area contributed by atoms with Crippen molar-refractivity contribution in [3.8, 4) is 0 Å². The first-order valence-corrected chi connectivity index (χ1v) is 6.58. The van der Waals surface area contributed by atoms with Crippen molar-refractivity contribution in [2.24, 2.45) is 5.41 Å². The van der Waals surface area contributed by atoms with E-state index in [1.807, 2.05) is 12.4 Å². The number of nitrogens with zero attached hydrogens (tertiary/aromatic N) is 1. The molecule has 0 bridgehead atoms. The Bertz CT molecular complexity index is 339. The van der Waals surface area contributed by atoms with Gasteiger partial charge < -0.3 is 5.32 Å². The molecule has 1 aromatic rings. The molecule has 0 aliphatic carbocycles. The maximum atomic E-state index is 4.26. The Morgan fingerprint density at radius 3 is 2.59 bits per heavy atom. The van der Waals surface area contributed by atoms with Crippen molar-refractivity contribution in [1.82, 2.24) is 10.3 Å². The van der Waals surface area contributed by atoms with E-state index in [9.17, 15) is 0 Å². The second-order valence-corrected chi connectivity index (χ2v) is 6.00. The average Bonchev–Trinajstić information content (AvgIpc) is 2.23. The van der Waals surface area contributed by atoms with Gasteiger partial charge in [-0.2, -0.15) is 0 Å². The maximum Gasteiger partial charge on any atom is 0.0343 e. The summed E-state index contributed by atoms with van der Waals surface area (Å²) in [5.74, 6) is 0. The molecular weight excluding hydrogens is 208 g/mol. The fourth-order valence-corrected chi connectivity index (χ4v) is 2.06. The van der Waals surface area contributed by atoms with Crippen molar-refractivity contribution in [2.45, 2.75) is 53.5 Å². The minimum Gasteiger partial charge on any atom is -0.310 e. The molecule has 0 spiro atoms. The van der Waals surface area contributed by atoms with E-state index in [1.54, 1.807) is 0 Å². The molecule has 0 aromatic carbocycles. The number of aryl methyl sites for hydroxylation is 1. The first kappa shape index (κ1) is 14.2. The van der Waals surface area contributed by atoms with Gasteiger partial charge in [-0.15, -0.1) is 0 Å². The Morgan fingerprint density at radius 1 is 1.35 bits per heavy atom. The van der Waals surface area contributed by atoms with Gasteiger partial charge in [-0.25, -0.2) is 0 Å². The van der Waals surface area contributed by atoms with Crippen LogP contribution in [-0.2, 0) is 0 Å². The Labute approximate surface area is 106 Å². The predicted octanol–water partition coefficient (Wildman–Crippen LogP) is 3.87. The van der Waals surface area contributed by atoms with Crippen LogP contribution < -0.4 is 5.32 Å². The molecule has 0 saturated heterocycles. The summed E-state index contributed by atoms with van der Waals surface area (Å²) in [6, 6.07) is 2.52. The molecule has 0 saturated carbocycles. The highest BCUT2D eigenvalue weighted by Crippen LogP contribution is 2.30. The van der Waals surface area contributed by atoms with Gasteiger partial charge in [0.05, 0.1) is 0 Å². The van der Waals surface area contributed by atoms with Crippen LogP contribution in [-0.4, -0.2) is 11.5 Å². The van der Waals surface area contributed by atoms with Crippen LogP contribution in [0.2, 0.25) is 0 Å². The van der Waals surface area contributed by atoms with E-state index in [2.05, 4.69) is 51.0 Å². The van der Waals surface area contributed by atoms with E-state index in [4.69, 9.17) is 0 Å². The summed E-state index contributed by atoms with van der Waals surface area (Å²) in [5.41, 5.74) is 3.00. The van der Waals surface area contributed by atoms with E-state index in [0.29, 0.717) is 11.5 Å². The molecule has 1 aromatic heterocycles. The quantitative estimate of drug-likeness (QED) is 0.836. The highest BCUT2D eigenvalue weighted by molar-refractivity contribution is 5.25. The van der Waals surface area contributed by atoms with Gasteiger partial charge in [0, 0.05) is 18.4 Å². The predicted molar refractivity (Wildman–Crippen MR) is 74.1 cm³/mol. The number of hydrogen-bond acceptors (Lipinski definition) is 2. The summed E-state index contributed by atoms with van der Waals surface area (Å²) < 4.78 is 0. The molecule has 0 amide bonds. The van der Waals surface area contributed by atoms with Gasteiger partial charge in [-0.05, 0) is 48.9 Å². The van der Waals surface area contributed by atoms with Crippen molar-refractivity contribution in [3.63, 3.8) is 0 Å². The summed E-state index contributed by atoms with van der Waals surface area (Å²) in [6.45, 7) is 12.3. The lowest BCUT2D eigenvalue weighted by molar-refractivity contribution is 0.311. The lowest BCUT2D eigenvalue weighted by Crippen LogP contribution is -2.27. The smallest absolute Gasteiger partial charge is 0.0343 e. The fourth-order valence-electron chi connectivity index (χ4n) is 2.06. The van der Waals surface area contributed by atoms with Crippen LogP contribution in [0.3, 0.4) is 0 Å². The largest absolute Gasteiger partial charge is 0.310 e. The number of pyridine rings is 1. The van der Waals surface area contributed by atoms with Gasteiger partial charge in [0.25, 0.3) is 0 Å². The van der Waals surface area contributed by atoms with Gasteiger partial charge in [-0.1, -0.05) is 27.7 Å². The normalized spacial score (nSPS) is 13.7. The molecule has 0 aliphatic rings. The minimum absolute atomic E-state index is 0.327. The number of rotatable bonds is 5. The van der Waals surface area contributed by atoms with Crippen LogP contribution in [0.15, 0.2) is 18.5 Å². The highest BCUT2D eigenvalue weighted by atomic mass is 14.9. The van der Waals surface area contributed by atoms with E-state index in [0.717, 1.165) is 13.0 Å². The first-order chi connectivity index (χ1) is 7.94. The second kappa shape index (κ2) is 6.15. The molecule has 1 rings (SSSR count). The molecule has 1 unspecified atom stereocenters. The van der Waals surface area contributed by atoms with E-state index < -0.39 is 0 Å². The van der Waals surface area contributed by atoms with E-state index in [-0.39, 0.29) is 0 Å². The third-order valence-corrected chi connectivity index (χ3v) is 2.91. The highest BCUT2D eigenvalue weighted by Gasteiger charge is 2.20. The maximum absolute atomic E-state index is 4.26. The summed E-state index contributed by atoms with van der Waals surface area (Å²) in [4.78, 5) is 4.26. The summed E-state index contributed by atoms with van der Waals surface area (Å²) in [7, 11) is 0. The van der Waals surface area contributed by atoms with Crippen molar-refractivity contribution in [2.75, 3.05) is 6.54 Å². The first-order valence-electron chi connectivity index (χ1n) is 6.58. The molecule has 2 heteroatoms. The molecule has 17 heavy (non-hydrogen) atoms. The van der Waals surface area contributed by atoms with Crippen molar-refractivity contribution in [3.05, 3.63) is 29.6 Å². The lowest BCUT2D eigenvalue weighted by atomic mass is 9.85. The fraction of sp³-hybridized carbons (Fsp3) is 0.667. The zero-order valence-corrected chi connectivity index (χ0v) is 11.9. The van der Waals surface area contributed by atoms with Gasteiger partial charge in [0.1, 0.15) is 0 Å². The van der Waals surface area contributed by atoms with E-state index in [1.165, 1.54) is 17.5 Å². The van der Waals surface area contributed by atoms with Crippen molar-refractivity contribution >= 4 is 0 Å². The number of aromatic nitrogens is 1. The molecule has 1 N–H and O–H groups in total. The van der Waals surface area contributed by atoms with E-state index >= 15 is 0 Å².